The quantitative estimate of drug-likeness (QED) is 0.0289. The van der Waals surface area contributed by atoms with Gasteiger partial charge in [-0.1, -0.05) is 0 Å². The van der Waals surface area contributed by atoms with Crippen molar-refractivity contribution in [2.45, 2.75) is 52.7 Å². The predicted octanol–water partition coefficient (Wildman–Crippen LogP) is 10.2. The van der Waals surface area contributed by atoms with E-state index in [4.69, 9.17) is 34.2 Å². The van der Waals surface area contributed by atoms with E-state index in [1.54, 1.807) is 36.4 Å². The van der Waals surface area contributed by atoms with Crippen molar-refractivity contribution in [1.82, 2.24) is 0 Å². The summed E-state index contributed by atoms with van der Waals surface area (Å²) >= 11 is 0. The summed E-state index contributed by atoms with van der Waals surface area (Å²) in [5.41, 5.74) is 4.53. The van der Waals surface area contributed by atoms with Gasteiger partial charge in [0.05, 0.1) is 59.3 Å². The normalized spacial score (nSPS) is 11.2. The van der Waals surface area contributed by atoms with Crippen LogP contribution in [0.2, 0.25) is 0 Å². The average molecular weight is 1090 g/mol. The Morgan fingerprint density at radius 1 is 0.392 bits per heavy atom. The number of ether oxygens (including phenoxy) is 6. The second-order valence-corrected chi connectivity index (χ2v) is 16.9. The van der Waals surface area contributed by atoms with Gasteiger partial charge in [0.25, 0.3) is 17.1 Å². The van der Waals surface area contributed by atoms with Gasteiger partial charge in [0.2, 0.25) is 0 Å². The first-order chi connectivity index (χ1) is 37.6. The number of benzene rings is 7. The van der Waals surface area contributed by atoms with Crippen molar-refractivity contribution < 1.29 is 68.0 Å². The molecule has 7 aromatic rings. The zero-order chi connectivity index (χ0) is 57.1. The third-order valence-electron chi connectivity index (χ3n) is 11.3. The number of anilines is 1. The number of hydrogen-bond acceptors (Lipinski definition) is 22. The number of aliphatic hydroxyl groups excluding tert-OH is 1. The summed E-state index contributed by atoms with van der Waals surface area (Å²) in [6.45, 7) is -0.270. The number of nitro groups is 7. The Morgan fingerprint density at radius 3 is 1.09 bits per heavy atom. The Balaban J connectivity index is 1.15. The number of nitrogens with zero attached hydrogens (tertiary/aromatic N) is 7. The Kier molecular flexibility index (Phi) is 17.3. The van der Waals surface area contributed by atoms with E-state index in [1.807, 2.05) is 0 Å². The fourth-order valence-electron chi connectivity index (χ4n) is 7.67. The van der Waals surface area contributed by atoms with Crippen LogP contribution in [0, 0.1) is 70.8 Å². The summed E-state index contributed by atoms with van der Waals surface area (Å²) in [4.78, 5) is 75.8. The van der Waals surface area contributed by atoms with Crippen LogP contribution in [0.1, 0.15) is 52.0 Å². The minimum Gasteiger partial charge on any atom is -0.489 e. The molecule has 29 nitrogen and oxygen atoms in total. The lowest BCUT2D eigenvalue weighted by molar-refractivity contribution is -0.395. The number of hydrogen-bond donors (Lipinski definition) is 2. The fourth-order valence-corrected chi connectivity index (χ4v) is 7.67. The molecule has 1 atom stereocenters. The van der Waals surface area contributed by atoms with Crippen molar-refractivity contribution in [3.63, 3.8) is 0 Å². The van der Waals surface area contributed by atoms with Gasteiger partial charge in [-0.2, -0.15) is 0 Å². The Hall–Kier alpha value is -11.1. The van der Waals surface area contributed by atoms with Crippen molar-refractivity contribution in [3.05, 3.63) is 237 Å². The maximum Gasteiger partial charge on any atom is 0.317 e. The van der Waals surface area contributed by atoms with Crippen LogP contribution in [0.4, 0.5) is 45.5 Å². The molecule has 0 amide bonds. The number of nitro benzene ring substituents is 7. The first-order valence-electron chi connectivity index (χ1n) is 22.8. The highest BCUT2D eigenvalue weighted by Crippen LogP contribution is 2.37. The molecule has 0 aliphatic heterocycles. The lowest BCUT2D eigenvalue weighted by Gasteiger charge is -2.18. The van der Waals surface area contributed by atoms with Crippen molar-refractivity contribution in [1.29, 1.82) is 0 Å². The van der Waals surface area contributed by atoms with Crippen LogP contribution in [0.5, 0.6) is 34.5 Å². The van der Waals surface area contributed by atoms with Gasteiger partial charge in [-0.05, 0) is 125 Å². The number of nitrogen functional groups attached to an aromatic ring is 1. The van der Waals surface area contributed by atoms with Gasteiger partial charge in [-0.3, -0.25) is 70.8 Å². The van der Waals surface area contributed by atoms with Crippen LogP contribution in [-0.2, 0) is 39.6 Å². The Labute approximate surface area is 442 Å². The van der Waals surface area contributed by atoms with E-state index in [9.17, 15) is 75.9 Å². The molecule has 0 bridgehead atoms. The van der Waals surface area contributed by atoms with Crippen molar-refractivity contribution in [3.8, 4) is 34.5 Å². The standard InChI is InChI=1S/C50H40N8O21/c1-29(79-50-9-5-40(54(64)65)21-46(50)58(72)73)36-14-34(13-35(15-36)28-78-49-8-4-39(53(62)63)20-45(49)57(70)71)25-75-42-17-30(23-59)16-41(22-42)74-24-31-10-32(26-76-47-6-2-37(51)18-43(47)55(66)67)12-33(11-31)27-77-48-7-3-38(52(60)61)19-44(48)56(68)69/h2-22,29,59H,23-28,51H2,1H3. The molecule has 0 aliphatic carbocycles. The molecule has 0 spiro atoms. The highest BCUT2D eigenvalue weighted by molar-refractivity contribution is 5.57. The molecule has 79 heavy (non-hydrogen) atoms. The summed E-state index contributed by atoms with van der Waals surface area (Å²) < 4.78 is 35.7. The number of rotatable bonds is 26. The second kappa shape index (κ2) is 24.5. The van der Waals surface area contributed by atoms with Crippen molar-refractivity contribution in [2.75, 3.05) is 5.73 Å². The molecule has 1 unspecified atom stereocenters. The molecule has 0 saturated heterocycles. The summed E-state index contributed by atoms with van der Waals surface area (Å²) in [5, 5.41) is 91.7. The van der Waals surface area contributed by atoms with E-state index in [2.05, 4.69) is 0 Å². The SMILES string of the molecule is CC(Oc1ccc([N+](=O)[O-])cc1[N+](=O)[O-])c1cc(COc2cc(CO)cc(OCc3cc(COc4ccc(N)cc4[N+](=O)[O-])cc(COc4ccc([N+](=O)[O-])cc4[N+](=O)[O-])c3)c2)cc(COc2ccc([N+](=O)[O-])cc2[N+](=O)[O-])c1. The molecule has 0 aromatic heterocycles. The topological polar surface area (TPSA) is 404 Å². The first kappa shape index (κ1) is 55.6. The third-order valence-corrected chi connectivity index (χ3v) is 11.3. The molecule has 7 aromatic carbocycles. The van der Waals surface area contributed by atoms with Crippen LogP contribution in [0.3, 0.4) is 0 Å². The molecule has 29 heteroatoms. The molecule has 0 radical (unpaired) electrons. The molecular formula is C50H40N8O21. The minimum absolute atomic E-state index is 0.102. The summed E-state index contributed by atoms with van der Waals surface area (Å²) in [5.74, 6) is -0.639. The van der Waals surface area contributed by atoms with Crippen LogP contribution < -0.4 is 34.2 Å². The zero-order valence-electron chi connectivity index (χ0n) is 40.8. The molecule has 3 N–H and O–H groups in total. The fraction of sp³-hybridized carbons (Fsp3) is 0.160. The van der Waals surface area contributed by atoms with Gasteiger partial charge in [0, 0.05) is 36.0 Å². The zero-order valence-corrected chi connectivity index (χ0v) is 40.8. The monoisotopic (exact) mass is 1090 g/mol. The van der Waals surface area contributed by atoms with Gasteiger partial charge in [0.1, 0.15) is 50.6 Å². The summed E-state index contributed by atoms with van der Waals surface area (Å²) in [7, 11) is 0. The van der Waals surface area contributed by atoms with Crippen molar-refractivity contribution in [2.24, 2.45) is 0 Å². The van der Waals surface area contributed by atoms with Crippen LogP contribution in [0.25, 0.3) is 0 Å². The molecular weight excluding hydrogens is 1050 g/mol. The first-order valence-corrected chi connectivity index (χ1v) is 22.8. The number of non-ortho nitro benzene ring substituents is 3. The van der Waals surface area contributed by atoms with Gasteiger partial charge in [-0.15, -0.1) is 0 Å². The van der Waals surface area contributed by atoms with Crippen molar-refractivity contribution >= 4 is 45.5 Å². The lowest BCUT2D eigenvalue weighted by atomic mass is 10.0. The minimum atomic E-state index is -1.00. The van der Waals surface area contributed by atoms with E-state index < -0.39 is 87.0 Å². The molecule has 0 saturated carbocycles. The maximum absolute atomic E-state index is 11.9. The average Bonchev–Trinajstić information content (AvgIpc) is 3.42. The third kappa shape index (κ3) is 14.4. The lowest BCUT2D eigenvalue weighted by Crippen LogP contribution is -2.09. The second-order valence-electron chi connectivity index (χ2n) is 16.9. The predicted molar refractivity (Wildman–Crippen MR) is 273 cm³/mol. The van der Waals surface area contributed by atoms with Crippen LogP contribution in [0.15, 0.2) is 127 Å². The highest BCUT2D eigenvalue weighted by atomic mass is 16.7. The van der Waals surface area contributed by atoms with E-state index in [-0.39, 0.29) is 73.2 Å². The van der Waals surface area contributed by atoms with Gasteiger partial charge >= 0.3 is 22.7 Å². The largest absolute Gasteiger partial charge is 0.489 e. The summed E-state index contributed by atoms with van der Waals surface area (Å²) in [6.07, 6.45) is -1.00. The summed E-state index contributed by atoms with van der Waals surface area (Å²) in [6, 6.07) is 26.5. The molecule has 0 fully saturated rings. The van der Waals surface area contributed by atoms with E-state index in [0.29, 0.717) is 38.9 Å². The van der Waals surface area contributed by atoms with E-state index in [0.717, 1.165) is 60.7 Å². The Bertz CT molecular complexity index is 3560. The maximum atomic E-state index is 11.9. The molecule has 7 rings (SSSR count). The molecule has 0 aliphatic rings. The molecule has 406 valence electrons. The van der Waals surface area contributed by atoms with E-state index in [1.165, 1.54) is 37.3 Å². The van der Waals surface area contributed by atoms with Gasteiger partial charge in [0.15, 0.2) is 23.0 Å². The van der Waals surface area contributed by atoms with Crippen LogP contribution in [-0.4, -0.2) is 39.6 Å². The van der Waals surface area contributed by atoms with Gasteiger partial charge in [-0.25, -0.2) is 0 Å². The number of nitrogens with two attached hydrogens (primary N) is 1. The van der Waals surface area contributed by atoms with E-state index >= 15 is 0 Å². The Morgan fingerprint density at radius 2 is 0.722 bits per heavy atom. The smallest absolute Gasteiger partial charge is 0.317 e. The number of aliphatic hydroxyl groups is 1. The highest BCUT2D eigenvalue weighted by Gasteiger charge is 2.26. The van der Waals surface area contributed by atoms with Gasteiger partial charge < -0.3 is 39.3 Å². The van der Waals surface area contributed by atoms with Crippen LogP contribution >= 0.6 is 0 Å². The molecule has 0 heterocycles.